The zero-order chi connectivity index (χ0) is 14.1. The van der Waals surface area contributed by atoms with Crippen molar-refractivity contribution in [1.82, 2.24) is 15.5 Å². The number of amides is 1. The zero-order valence-electron chi connectivity index (χ0n) is 11.8. The Morgan fingerprint density at radius 3 is 2.75 bits per heavy atom. The molecule has 2 aromatic rings. The molecule has 2 atom stereocenters. The van der Waals surface area contributed by atoms with Crippen molar-refractivity contribution >= 4 is 5.91 Å². The first-order valence-corrected chi connectivity index (χ1v) is 7.07. The lowest BCUT2D eigenvalue weighted by molar-refractivity contribution is 0.0926. The molecule has 20 heavy (non-hydrogen) atoms. The molecule has 3 rings (SSSR count). The maximum Gasteiger partial charge on any atom is 0.272 e. The number of fused-ring (bicyclic) bond motifs is 1. The van der Waals surface area contributed by atoms with E-state index in [1.807, 2.05) is 13.0 Å². The van der Waals surface area contributed by atoms with Gasteiger partial charge in [0.05, 0.1) is 6.04 Å². The quantitative estimate of drug-likeness (QED) is 0.880. The second-order valence-corrected chi connectivity index (χ2v) is 5.57. The normalized spacial score (nSPS) is 21.3. The largest absolute Gasteiger partial charge is 0.344 e. The Labute approximate surface area is 118 Å². The second-order valence-electron chi connectivity index (χ2n) is 5.57. The van der Waals surface area contributed by atoms with Gasteiger partial charge in [0.1, 0.15) is 5.69 Å². The van der Waals surface area contributed by atoms with E-state index in [9.17, 15) is 4.79 Å². The van der Waals surface area contributed by atoms with Crippen LogP contribution in [0.15, 0.2) is 30.3 Å². The van der Waals surface area contributed by atoms with Crippen LogP contribution >= 0.6 is 0 Å². The lowest BCUT2D eigenvalue weighted by Crippen LogP contribution is -2.31. The molecule has 104 valence electrons. The summed E-state index contributed by atoms with van der Waals surface area (Å²) in [6, 6.07) is 10.2. The van der Waals surface area contributed by atoms with Gasteiger partial charge in [-0.25, -0.2) is 0 Å². The number of aromatic nitrogens is 2. The van der Waals surface area contributed by atoms with Gasteiger partial charge in [-0.3, -0.25) is 9.89 Å². The van der Waals surface area contributed by atoms with E-state index in [0.717, 1.165) is 18.5 Å². The lowest BCUT2D eigenvalue weighted by Gasteiger charge is -2.30. The van der Waals surface area contributed by atoms with Crippen molar-refractivity contribution in [2.45, 2.75) is 38.6 Å². The van der Waals surface area contributed by atoms with Crippen molar-refractivity contribution in [3.63, 3.8) is 0 Å². The summed E-state index contributed by atoms with van der Waals surface area (Å²) in [5.74, 6) is 0.454. The summed E-state index contributed by atoms with van der Waals surface area (Å²) in [6.07, 6.45) is 2.08. The summed E-state index contributed by atoms with van der Waals surface area (Å²) in [5.41, 5.74) is 3.94. The van der Waals surface area contributed by atoms with E-state index in [4.69, 9.17) is 0 Å². The molecule has 0 radical (unpaired) electrons. The fourth-order valence-electron chi connectivity index (χ4n) is 2.92. The van der Waals surface area contributed by atoms with Crippen LogP contribution in [0, 0.1) is 6.92 Å². The maximum atomic E-state index is 12.2. The number of aryl methyl sites for hydroxylation is 1. The summed E-state index contributed by atoms with van der Waals surface area (Å²) in [6.45, 7) is 4.13. The highest BCUT2D eigenvalue weighted by Gasteiger charge is 2.26. The molecule has 0 saturated carbocycles. The average Bonchev–Trinajstić information content (AvgIpc) is 2.89. The molecule has 1 aliphatic rings. The Bertz CT molecular complexity index is 632. The fraction of sp³-hybridized carbons (Fsp3) is 0.375. The van der Waals surface area contributed by atoms with Crippen molar-refractivity contribution < 1.29 is 4.79 Å². The van der Waals surface area contributed by atoms with Crippen LogP contribution in [0.4, 0.5) is 0 Å². The van der Waals surface area contributed by atoms with Gasteiger partial charge in [-0.15, -0.1) is 0 Å². The summed E-state index contributed by atoms with van der Waals surface area (Å²) in [4.78, 5) is 12.2. The number of hydrogen-bond donors (Lipinski definition) is 2. The Hall–Kier alpha value is -2.10. The highest BCUT2D eigenvalue weighted by molar-refractivity contribution is 5.92. The molecule has 1 aromatic heterocycles. The summed E-state index contributed by atoms with van der Waals surface area (Å²) >= 11 is 0. The molecular formula is C16H19N3O. The van der Waals surface area contributed by atoms with Crippen LogP contribution in [0.25, 0.3) is 0 Å². The van der Waals surface area contributed by atoms with Crippen molar-refractivity contribution in [3.05, 3.63) is 52.8 Å². The highest BCUT2D eigenvalue weighted by Crippen LogP contribution is 2.36. The Kier molecular flexibility index (Phi) is 3.30. The maximum absolute atomic E-state index is 12.2. The minimum absolute atomic E-state index is 0.0897. The molecule has 0 saturated heterocycles. The van der Waals surface area contributed by atoms with Gasteiger partial charge in [0, 0.05) is 5.69 Å². The number of nitrogens with zero attached hydrogens (tertiary/aromatic N) is 1. The van der Waals surface area contributed by atoms with Crippen LogP contribution in [0.3, 0.4) is 0 Å². The molecular weight excluding hydrogens is 250 g/mol. The van der Waals surface area contributed by atoms with Crippen LogP contribution in [0.1, 0.15) is 59.0 Å². The molecule has 1 heterocycles. The van der Waals surface area contributed by atoms with Crippen molar-refractivity contribution in [3.8, 4) is 0 Å². The van der Waals surface area contributed by atoms with Crippen molar-refractivity contribution in [2.24, 2.45) is 0 Å². The number of rotatable bonds is 2. The van der Waals surface area contributed by atoms with Crippen molar-refractivity contribution in [1.29, 1.82) is 0 Å². The van der Waals surface area contributed by atoms with E-state index < -0.39 is 0 Å². The lowest BCUT2D eigenvalue weighted by atomic mass is 9.81. The fourth-order valence-corrected chi connectivity index (χ4v) is 2.92. The van der Waals surface area contributed by atoms with Crippen LogP contribution in [-0.4, -0.2) is 16.1 Å². The molecule has 2 N–H and O–H groups in total. The first-order valence-electron chi connectivity index (χ1n) is 7.07. The Morgan fingerprint density at radius 1 is 1.30 bits per heavy atom. The van der Waals surface area contributed by atoms with Gasteiger partial charge in [-0.2, -0.15) is 5.10 Å². The SMILES string of the molecule is Cc1cc(C(=O)NC2CCC(C)c3ccccc32)n[nH]1. The van der Waals surface area contributed by atoms with Crippen LogP contribution in [0.5, 0.6) is 0 Å². The second kappa shape index (κ2) is 5.12. The molecule has 0 fully saturated rings. The third kappa shape index (κ3) is 2.33. The van der Waals surface area contributed by atoms with E-state index in [2.05, 4.69) is 40.6 Å². The number of benzene rings is 1. The predicted molar refractivity (Wildman–Crippen MR) is 77.6 cm³/mol. The Balaban J connectivity index is 1.82. The summed E-state index contributed by atoms with van der Waals surface area (Å²) in [5, 5.41) is 9.92. The zero-order valence-corrected chi connectivity index (χ0v) is 11.8. The van der Waals surface area contributed by atoms with Crippen LogP contribution in [-0.2, 0) is 0 Å². The van der Waals surface area contributed by atoms with Gasteiger partial charge in [-0.05, 0) is 42.9 Å². The number of H-pyrrole nitrogens is 1. The standard InChI is InChI=1S/C16H19N3O/c1-10-7-8-14(13-6-4-3-5-12(10)13)17-16(20)15-9-11(2)18-19-15/h3-6,9-10,14H,7-8H2,1-2H3,(H,17,20)(H,18,19). The smallest absolute Gasteiger partial charge is 0.272 e. The van der Waals surface area contributed by atoms with Gasteiger partial charge < -0.3 is 5.32 Å². The topological polar surface area (TPSA) is 57.8 Å². The number of carbonyl (C=O) groups is 1. The monoisotopic (exact) mass is 269 g/mol. The number of nitrogens with one attached hydrogen (secondary N) is 2. The van der Waals surface area contributed by atoms with E-state index >= 15 is 0 Å². The van der Waals surface area contributed by atoms with Crippen LogP contribution in [0.2, 0.25) is 0 Å². The van der Waals surface area contributed by atoms with E-state index in [-0.39, 0.29) is 11.9 Å². The third-order valence-corrected chi connectivity index (χ3v) is 4.03. The van der Waals surface area contributed by atoms with Gasteiger partial charge >= 0.3 is 0 Å². The summed E-state index contributed by atoms with van der Waals surface area (Å²) in [7, 11) is 0. The molecule has 1 aliphatic carbocycles. The Morgan fingerprint density at radius 2 is 2.05 bits per heavy atom. The number of carbonyl (C=O) groups excluding carboxylic acids is 1. The molecule has 0 aliphatic heterocycles. The molecule has 0 spiro atoms. The van der Waals surface area contributed by atoms with Gasteiger partial charge in [0.25, 0.3) is 5.91 Å². The summed E-state index contributed by atoms with van der Waals surface area (Å²) < 4.78 is 0. The third-order valence-electron chi connectivity index (χ3n) is 4.03. The molecule has 1 aromatic carbocycles. The molecule has 1 amide bonds. The highest BCUT2D eigenvalue weighted by atomic mass is 16.2. The molecule has 4 heteroatoms. The minimum atomic E-state index is -0.108. The first kappa shape index (κ1) is 12.9. The average molecular weight is 269 g/mol. The minimum Gasteiger partial charge on any atom is -0.344 e. The molecule has 4 nitrogen and oxygen atoms in total. The van der Waals surface area contributed by atoms with Crippen LogP contribution < -0.4 is 5.32 Å². The number of hydrogen-bond acceptors (Lipinski definition) is 2. The number of aromatic amines is 1. The van der Waals surface area contributed by atoms with E-state index in [1.54, 1.807) is 6.07 Å². The predicted octanol–water partition coefficient (Wildman–Crippen LogP) is 3.09. The van der Waals surface area contributed by atoms with Crippen molar-refractivity contribution in [2.75, 3.05) is 0 Å². The van der Waals surface area contributed by atoms with Gasteiger partial charge in [-0.1, -0.05) is 31.2 Å². The first-order chi connectivity index (χ1) is 9.65. The van der Waals surface area contributed by atoms with E-state index in [1.165, 1.54) is 11.1 Å². The van der Waals surface area contributed by atoms with E-state index in [0.29, 0.717) is 11.6 Å². The molecule has 2 unspecified atom stereocenters. The van der Waals surface area contributed by atoms with Gasteiger partial charge in [0.2, 0.25) is 0 Å². The van der Waals surface area contributed by atoms with Gasteiger partial charge in [0.15, 0.2) is 0 Å². The molecule has 0 bridgehead atoms.